The second kappa shape index (κ2) is 6.38. The van der Waals surface area contributed by atoms with Crippen LogP contribution in [0.4, 0.5) is 10.5 Å². The van der Waals surface area contributed by atoms with Gasteiger partial charge in [0, 0.05) is 28.4 Å². The molecule has 0 unspecified atom stereocenters. The monoisotopic (exact) mass is 404 g/mol. The smallest absolute Gasteiger partial charge is 0.418 e. The molecular formula is C24H24N2O2S. The molecule has 1 aliphatic carbocycles. The Balaban J connectivity index is 1.57. The number of hydrogen-bond donors (Lipinski definition) is 0. The van der Waals surface area contributed by atoms with E-state index in [1.807, 2.05) is 22.7 Å². The minimum Gasteiger partial charge on any atom is -0.452 e. The Hall–Kier alpha value is -2.24. The van der Waals surface area contributed by atoms with Gasteiger partial charge in [-0.1, -0.05) is 42.5 Å². The van der Waals surface area contributed by atoms with E-state index in [2.05, 4.69) is 59.5 Å². The molecule has 0 bridgehead atoms. The van der Waals surface area contributed by atoms with Crippen LogP contribution in [0.15, 0.2) is 71.3 Å². The number of carbonyl (C=O) groups is 1. The van der Waals surface area contributed by atoms with Crippen LogP contribution < -0.4 is 4.90 Å². The summed E-state index contributed by atoms with van der Waals surface area (Å²) in [7, 11) is 1.48. The predicted octanol–water partition coefficient (Wildman–Crippen LogP) is 4.66. The van der Waals surface area contributed by atoms with Gasteiger partial charge in [0.1, 0.15) is 0 Å². The van der Waals surface area contributed by atoms with Crippen molar-refractivity contribution in [1.29, 1.82) is 0 Å². The number of ether oxygens (including phenoxy) is 1. The zero-order valence-electron chi connectivity index (χ0n) is 16.5. The molecule has 6 rings (SSSR count). The SMILES string of the molecule is COC(=O)N1C2=CC[C@H]3CCN4C[C@@H](Sc5ccccc5)[C@]2(c2ccccc21)[C@@H]34. The molecule has 2 saturated heterocycles. The minimum atomic E-state index is -0.279. The highest BCUT2D eigenvalue weighted by molar-refractivity contribution is 8.00. The molecule has 1 amide bonds. The average Bonchev–Trinajstić information content (AvgIpc) is 3.41. The molecule has 1 spiro atoms. The third-order valence-corrected chi connectivity index (χ3v) is 8.60. The van der Waals surface area contributed by atoms with Gasteiger partial charge < -0.3 is 4.74 Å². The van der Waals surface area contributed by atoms with Gasteiger partial charge >= 0.3 is 6.09 Å². The molecule has 3 heterocycles. The molecule has 0 aromatic heterocycles. The lowest BCUT2D eigenvalue weighted by atomic mass is 9.65. The lowest BCUT2D eigenvalue weighted by molar-refractivity contribution is 0.178. The van der Waals surface area contributed by atoms with Crippen molar-refractivity contribution in [2.24, 2.45) is 5.92 Å². The molecule has 2 fully saturated rings. The van der Waals surface area contributed by atoms with E-state index in [0.717, 1.165) is 30.9 Å². The fraction of sp³-hybridized carbons (Fsp3) is 0.375. The van der Waals surface area contributed by atoms with E-state index < -0.39 is 0 Å². The zero-order valence-corrected chi connectivity index (χ0v) is 17.3. The van der Waals surface area contributed by atoms with Crippen LogP contribution in [0.2, 0.25) is 0 Å². The van der Waals surface area contributed by atoms with Crippen molar-refractivity contribution in [1.82, 2.24) is 4.90 Å². The van der Waals surface area contributed by atoms with Gasteiger partial charge in [-0.15, -0.1) is 11.8 Å². The number of amides is 1. The summed E-state index contributed by atoms with van der Waals surface area (Å²) in [5.41, 5.74) is 3.28. The lowest BCUT2D eigenvalue weighted by Crippen LogP contribution is -2.51. The topological polar surface area (TPSA) is 32.8 Å². The molecule has 0 N–H and O–H groups in total. The number of anilines is 1. The summed E-state index contributed by atoms with van der Waals surface area (Å²) in [5, 5.41) is 0.361. The third kappa shape index (κ3) is 2.23. The number of carbonyl (C=O) groups excluding carboxylic acids is 1. The number of thioether (sulfide) groups is 1. The van der Waals surface area contributed by atoms with Crippen molar-refractivity contribution in [2.45, 2.75) is 34.4 Å². The van der Waals surface area contributed by atoms with Crippen LogP contribution in [0.5, 0.6) is 0 Å². The van der Waals surface area contributed by atoms with E-state index >= 15 is 0 Å². The van der Waals surface area contributed by atoms with Gasteiger partial charge in [-0.25, -0.2) is 9.69 Å². The summed E-state index contributed by atoms with van der Waals surface area (Å²) >= 11 is 1.97. The number of methoxy groups -OCH3 is 1. The van der Waals surface area contributed by atoms with Crippen molar-refractivity contribution < 1.29 is 9.53 Å². The number of allylic oxidation sites excluding steroid dienone is 1. The van der Waals surface area contributed by atoms with Crippen molar-refractivity contribution in [3.8, 4) is 0 Å². The number of nitrogens with zero attached hydrogens (tertiary/aromatic N) is 2. The minimum absolute atomic E-state index is 0.162. The van der Waals surface area contributed by atoms with Crippen LogP contribution in [0.25, 0.3) is 0 Å². The molecule has 29 heavy (non-hydrogen) atoms. The Labute approximate surface area is 175 Å². The highest BCUT2D eigenvalue weighted by Gasteiger charge is 2.67. The number of para-hydroxylation sites is 1. The third-order valence-electron chi connectivity index (χ3n) is 7.25. The molecule has 2 aromatic carbocycles. The summed E-state index contributed by atoms with van der Waals surface area (Å²) < 4.78 is 5.23. The average molecular weight is 405 g/mol. The van der Waals surface area contributed by atoms with Gasteiger partial charge in [-0.3, -0.25) is 4.90 Å². The van der Waals surface area contributed by atoms with Gasteiger partial charge in [0.05, 0.1) is 18.2 Å². The molecule has 4 aliphatic rings. The number of fused-ring (bicyclic) bond motifs is 1. The standard InChI is InChI=1S/C24H24N2O2S/c1-28-23(27)26-19-10-6-5-9-18(19)24-20(26)12-11-16-13-14-25(22(16)24)15-21(24)29-17-7-3-2-4-8-17/h2-10,12,16,21-22H,11,13-15H2,1H3/t16-,21+,22+,24+/m0/s1. The molecule has 4 atom stereocenters. The summed E-state index contributed by atoms with van der Waals surface area (Å²) in [6, 6.07) is 19.6. The summed E-state index contributed by atoms with van der Waals surface area (Å²) in [5.74, 6) is 0.658. The van der Waals surface area contributed by atoms with E-state index in [9.17, 15) is 4.79 Å². The van der Waals surface area contributed by atoms with Gasteiger partial charge in [-0.05, 0) is 49.1 Å². The number of benzene rings is 2. The van der Waals surface area contributed by atoms with Gasteiger partial charge in [0.2, 0.25) is 0 Å². The second-order valence-electron chi connectivity index (χ2n) is 8.42. The van der Waals surface area contributed by atoms with E-state index in [1.165, 1.54) is 24.0 Å². The summed E-state index contributed by atoms with van der Waals surface area (Å²) in [6.45, 7) is 2.21. The van der Waals surface area contributed by atoms with Crippen LogP contribution in [0.1, 0.15) is 18.4 Å². The largest absolute Gasteiger partial charge is 0.452 e. The van der Waals surface area contributed by atoms with E-state index in [1.54, 1.807) is 0 Å². The first-order valence-corrected chi connectivity index (χ1v) is 11.3. The highest BCUT2D eigenvalue weighted by atomic mass is 32.2. The Morgan fingerprint density at radius 2 is 1.93 bits per heavy atom. The molecule has 2 aromatic rings. The van der Waals surface area contributed by atoms with Gasteiger partial charge in [0.25, 0.3) is 0 Å². The maximum Gasteiger partial charge on any atom is 0.418 e. The Morgan fingerprint density at radius 3 is 2.76 bits per heavy atom. The molecule has 0 radical (unpaired) electrons. The molecular weight excluding hydrogens is 380 g/mol. The number of hydrogen-bond acceptors (Lipinski definition) is 4. The first-order chi connectivity index (χ1) is 14.2. The van der Waals surface area contributed by atoms with Crippen LogP contribution in [-0.2, 0) is 10.2 Å². The normalized spacial score (nSPS) is 31.8. The summed E-state index contributed by atoms with van der Waals surface area (Å²) in [4.78, 5) is 18.7. The molecule has 3 aliphatic heterocycles. The highest BCUT2D eigenvalue weighted by Crippen LogP contribution is 2.64. The maximum atomic E-state index is 12.9. The quantitative estimate of drug-likeness (QED) is 0.729. The van der Waals surface area contributed by atoms with E-state index in [4.69, 9.17) is 4.74 Å². The van der Waals surface area contributed by atoms with Gasteiger partial charge in [-0.2, -0.15) is 0 Å². The summed E-state index contributed by atoms with van der Waals surface area (Å²) in [6.07, 6.45) is 4.35. The predicted molar refractivity (Wildman–Crippen MR) is 115 cm³/mol. The van der Waals surface area contributed by atoms with Crippen molar-refractivity contribution in [2.75, 3.05) is 25.1 Å². The van der Waals surface area contributed by atoms with Crippen molar-refractivity contribution >= 4 is 23.5 Å². The second-order valence-corrected chi connectivity index (χ2v) is 9.70. The van der Waals surface area contributed by atoms with Crippen molar-refractivity contribution in [3.63, 3.8) is 0 Å². The van der Waals surface area contributed by atoms with E-state index in [0.29, 0.717) is 17.2 Å². The van der Waals surface area contributed by atoms with Gasteiger partial charge in [0.15, 0.2) is 0 Å². The lowest BCUT2D eigenvalue weighted by Gasteiger charge is -2.43. The fourth-order valence-electron chi connectivity index (χ4n) is 6.31. The Morgan fingerprint density at radius 1 is 1.14 bits per heavy atom. The first kappa shape index (κ1) is 17.6. The Bertz CT molecular complexity index is 1010. The van der Waals surface area contributed by atoms with Crippen molar-refractivity contribution in [3.05, 3.63) is 71.9 Å². The Kier molecular flexibility index (Phi) is 3.87. The van der Waals surface area contributed by atoms with Crippen LogP contribution >= 0.6 is 11.8 Å². The van der Waals surface area contributed by atoms with Crippen LogP contribution in [0, 0.1) is 5.92 Å². The number of rotatable bonds is 2. The fourth-order valence-corrected chi connectivity index (χ4v) is 7.79. The zero-order chi connectivity index (χ0) is 19.6. The van der Waals surface area contributed by atoms with Crippen LogP contribution in [0.3, 0.4) is 0 Å². The molecule has 0 saturated carbocycles. The van der Waals surface area contributed by atoms with Crippen LogP contribution in [-0.4, -0.2) is 42.5 Å². The molecule has 5 heteroatoms. The maximum absolute atomic E-state index is 12.9. The first-order valence-electron chi connectivity index (χ1n) is 10.4. The molecule has 148 valence electrons. The van der Waals surface area contributed by atoms with E-state index in [-0.39, 0.29) is 11.5 Å². The molecule has 4 nitrogen and oxygen atoms in total.